The highest BCUT2D eigenvalue weighted by Crippen LogP contribution is 2.33. The quantitative estimate of drug-likeness (QED) is 0.791. The zero-order chi connectivity index (χ0) is 19.3. The van der Waals surface area contributed by atoms with E-state index in [2.05, 4.69) is 5.32 Å². The van der Waals surface area contributed by atoms with Crippen LogP contribution >= 0.6 is 0 Å². The van der Waals surface area contributed by atoms with Gasteiger partial charge in [-0.05, 0) is 24.5 Å². The first-order valence-electron chi connectivity index (χ1n) is 9.42. The van der Waals surface area contributed by atoms with E-state index in [9.17, 15) is 14.7 Å². The summed E-state index contributed by atoms with van der Waals surface area (Å²) in [7, 11) is 0. The number of hydrogen-bond donors (Lipinski definition) is 2. The molecule has 5 heteroatoms. The van der Waals surface area contributed by atoms with E-state index in [1.54, 1.807) is 11.8 Å². The molecule has 2 amide bonds. The van der Waals surface area contributed by atoms with E-state index in [-0.39, 0.29) is 18.2 Å². The number of carbonyl (C=O) groups is 2. The zero-order valence-corrected chi connectivity index (χ0v) is 15.6. The van der Waals surface area contributed by atoms with Crippen LogP contribution in [-0.2, 0) is 15.2 Å². The minimum Gasteiger partial charge on any atom is -0.378 e. The fourth-order valence-corrected chi connectivity index (χ4v) is 3.65. The minimum absolute atomic E-state index is 0.112. The molecule has 27 heavy (non-hydrogen) atoms. The average Bonchev–Trinajstić information content (AvgIpc) is 3.12. The summed E-state index contributed by atoms with van der Waals surface area (Å²) in [5.41, 5.74) is 0.0965. The number of nitrogens with zero attached hydrogens (tertiary/aromatic N) is 1. The van der Waals surface area contributed by atoms with Crippen molar-refractivity contribution in [3.8, 4) is 0 Å². The monoisotopic (exact) mass is 366 g/mol. The number of benzene rings is 2. The molecule has 1 aliphatic heterocycles. The Morgan fingerprint density at radius 3 is 2.15 bits per heavy atom. The smallest absolute Gasteiger partial charge is 0.222 e. The van der Waals surface area contributed by atoms with Crippen LogP contribution in [0, 0.1) is 0 Å². The van der Waals surface area contributed by atoms with E-state index >= 15 is 0 Å². The summed E-state index contributed by atoms with van der Waals surface area (Å²) in [5, 5.41) is 14.5. The summed E-state index contributed by atoms with van der Waals surface area (Å²) in [6.07, 6.45) is 1.66. The molecule has 142 valence electrons. The predicted octanol–water partition coefficient (Wildman–Crippen LogP) is 2.44. The Morgan fingerprint density at radius 1 is 1.11 bits per heavy atom. The van der Waals surface area contributed by atoms with Crippen LogP contribution < -0.4 is 5.32 Å². The molecule has 0 unspecified atom stereocenters. The van der Waals surface area contributed by atoms with Gasteiger partial charge >= 0.3 is 0 Å². The fraction of sp³-hybridized carbons (Fsp3) is 0.364. The van der Waals surface area contributed by atoms with E-state index in [0.29, 0.717) is 13.0 Å². The molecule has 0 spiro atoms. The predicted molar refractivity (Wildman–Crippen MR) is 104 cm³/mol. The first-order chi connectivity index (χ1) is 13.0. The average molecular weight is 366 g/mol. The van der Waals surface area contributed by atoms with Gasteiger partial charge in [0.2, 0.25) is 11.8 Å². The van der Waals surface area contributed by atoms with Crippen molar-refractivity contribution in [1.29, 1.82) is 0 Å². The zero-order valence-electron chi connectivity index (χ0n) is 15.6. The molecule has 2 aromatic rings. The molecule has 1 fully saturated rings. The van der Waals surface area contributed by atoms with Gasteiger partial charge in [0.05, 0.1) is 6.04 Å². The van der Waals surface area contributed by atoms with Crippen molar-refractivity contribution < 1.29 is 14.7 Å². The largest absolute Gasteiger partial charge is 0.378 e. The lowest BCUT2D eigenvalue weighted by Crippen LogP contribution is -2.50. The summed E-state index contributed by atoms with van der Waals surface area (Å²) in [4.78, 5) is 25.9. The second kappa shape index (κ2) is 8.35. The van der Waals surface area contributed by atoms with E-state index in [1.807, 2.05) is 60.7 Å². The van der Waals surface area contributed by atoms with Crippen molar-refractivity contribution in [2.45, 2.75) is 37.8 Å². The number of amides is 2. The second-order valence-corrected chi connectivity index (χ2v) is 7.02. The number of aliphatic hydroxyl groups is 1. The molecule has 2 N–H and O–H groups in total. The van der Waals surface area contributed by atoms with Crippen LogP contribution in [-0.4, -0.2) is 41.0 Å². The SMILES string of the molecule is C[C@@H](NC(=O)CCN1CCCC1=O)C(O)(c1ccccc1)c1ccccc1. The van der Waals surface area contributed by atoms with Crippen LogP contribution in [0.1, 0.15) is 37.3 Å². The Labute approximate surface area is 160 Å². The van der Waals surface area contributed by atoms with Gasteiger partial charge in [0.25, 0.3) is 0 Å². The van der Waals surface area contributed by atoms with Gasteiger partial charge in [-0.1, -0.05) is 60.7 Å². The molecule has 2 aromatic carbocycles. The minimum atomic E-state index is -1.35. The molecule has 5 nitrogen and oxygen atoms in total. The van der Waals surface area contributed by atoms with Crippen LogP contribution in [0.5, 0.6) is 0 Å². The highest BCUT2D eigenvalue weighted by Gasteiger charge is 2.38. The van der Waals surface area contributed by atoms with Gasteiger partial charge in [0, 0.05) is 25.9 Å². The van der Waals surface area contributed by atoms with Gasteiger partial charge in [-0.15, -0.1) is 0 Å². The Morgan fingerprint density at radius 2 is 1.67 bits per heavy atom. The molecular weight excluding hydrogens is 340 g/mol. The molecule has 1 heterocycles. The third kappa shape index (κ3) is 4.19. The van der Waals surface area contributed by atoms with Crippen molar-refractivity contribution in [3.63, 3.8) is 0 Å². The van der Waals surface area contributed by atoms with Gasteiger partial charge < -0.3 is 15.3 Å². The molecule has 0 bridgehead atoms. The molecule has 3 rings (SSSR count). The highest BCUT2D eigenvalue weighted by molar-refractivity contribution is 5.80. The van der Waals surface area contributed by atoms with Gasteiger partial charge in [0.1, 0.15) is 5.60 Å². The first-order valence-corrected chi connectivity index (χ1v) is 9.42. The van der Waals surface area contributed by atoms with Crippen LogP contribution in [0.2, 0.25) is 0 Å². The lowest BCUT2D eigenvalue weighted by atomic mass is 9.81. The molecule has 1 aliphatic rings. The first kappa shape index (κ1) is 19.1. The maximum Gasteiger partial charge on any atom is 0.222 e. The summed E-state index contributed by atoms with van der Waals surface area (Å²) >= 11 is 0. The lowest BCUT2D eigenvalue weighted by Gasteiger charge is -2.36. The lowest BCUT2D eigenvalue weighted by molar-refractivity contribution is -0.129. The summed E-state index contributed by atoms with van der Waals surface area (Å²) < 4.78 is 0. The van der Waals surface area contributed by atoms with Crippen molar-refractivity contribution in [2.24, 2.45) is 0 Å². The number of carbonyl (C=O) groups excluding carboxylic acids is 2. The Balaban J connectivity index is 1.74. The van der Waals surface area contributed by atoms with Crippen molar-refractivity contribution >= 4 is 11.8 Å². The maximum absolute atomic E-state index is 12.5. The maximum atomic E-state index is 12.5. The van der Waals surface area contributed by atoms with Crippen LogP contribution in [0.15, 0.2) is 60.7 Å². The molecule has 1 atom stereocenters. The van der Waals surface area contributed by atoms with Crippen LogP contribution in [0.4, 0.5) is 0 Å². The topological polar surface area (TPSA) is 69.6 Å². The molecule has 0 aliphatic carbocycles. The van der Waals surface area contributed by atoms with Gasteiger partial charge in [-0.3, -0.25) is 9.59 Å². The van der Waals surface area contributed by atoms with Gasteiger partial charge in [-0.2, -0.15) is 0 Å². The summed E-state index contributed by atoms with van der Waals surface area (Å²) in [6, 6.07) is 18.2. The van der Waals surface area contributed by atoms with Crippen molar-refractivity contribution in [3.05, 3.63) is 71.8 Å². The highest BCUT2D eigenvalue weighted by atomic mass is 16.3. The van der Waals surface area contributed by atoms with Crippen LogP contribution in [0.25, 0.3) is 0 Å². The summed E-state index contributed by atoms with van der Waals surface area (Å²) in [5.74, 6) is -0.0617. The standard InChI is InChI=1S/C22H26N2O3/c1-17(23-20(25)14-16-24-15-8-13-21(24)26)22(27,18-9-4-2-5-10-18)19-11-6-3-7-12-19/h2-7,9-12,17,27H,8,13-16H2,1H3,(H,23,25)/t17-/m1/s1. The number of nitrogens with one attached hydrogen (secondary N) is 1. The normalized spacial score (nSPS) is 15.6. The van der Waals surface area contributed by atoms with Crippen LogP contribution in [0.3, 0.4) is 0 Å². The Bertz CT molecular complexity index is 737. The van der Waals surface area contributed by atoms with E-state index in [1.165, 1.54) is 0 Å². The van der Waals surface area contributed by atoms with E-state index in [4.69, 9.17) is 0 Å². The molecule has 0 radical (unpaired) electrons. The summed E-state index contributed by atoms with van der Waals surface area (Å²) in [6.45, 7) is 2.95. The van der Waals surface area contributed by atoms with Gasteiger partial charge in [0.15, 0.2) is 0 Å². The number of rotatable bonds is 7. The third-order valence-electron chi connectivity index (χ3n) is 5.21. The van der Waals surface area contributed by atoms with Gasteiger partial charge in [-0.25, -0.2) is 0 Å². The van der Waals surface area contributed by atoms with Crippen molar-refractivity contribution in [1.82, 2.24) is 10.2 Å². The number of likely N-dealkylation sites (tertiary alicyclic amines) is 1. The Kier molecular flexibility index (Phi) is 5.91. The number of hydrogen-bond acceptors (Lipinski definition) is 3. The fourth-order valence-electron chi connectivity index (χ4n) is 3.65. The molecule has 1 saturated heterocycles. The van der Waals surface area contributed by atoms with E-state index < -0.39 is 11.6 Å². The van der Waals surface area contributed by atoms with Crippen molar-refractivity contribution in [2.75, 3.05) is 13.1 Å². The van der Waals surface area contributed by atoms with E-state index in [0.717, 1.165) is 24.1 Å². The third-order valence-corrected chi connectivity index (χ3v) is 5.21. The molecular formula is C22H26N2O3. The Hall–Kier alpha value is -2.66. The second-order valence-electron chi connectivity index (χ2n) is 7.02. The molecule has 0 saturated carbocycles. The molecule has 0 aromatic heterocycles.